The fourth-order valence-electron chi connectivity index (χ4n) is 4.73. The molecular weight excluding hydrogens is 458 g/mol. The number of nitrogens with zero attached hydrogens (tertiary/aromatic N) is 1. The van der Waals surface area contributed by atoms with Gasteiger partial charge in [-0.3, -0.25) is 9.59 Å². The van der Waals surface area contributed by atoms with E-state index in [1.165, 1.54) is 5.57 Å². The van der Waals surface area contributed by atoms with Crippen molar-refractivity contribution < 1.29 is 19.4 Å². The Morgan fingerprint density at radius 2 is 1.86 bits per heavy atom. The van der Waals surface area contributed by atoms with E-state index in [0.717, 1.165) is 35.5 Å². The second-order valence-corrected chi connectivity index (χ2v) is 12.5. The van der Waals surface area contributed by atoms with Gasteiger partial charge in [0.1, 0.15) is 11.4 Å². The molecule has 1 aromatic rings. The molecule has 6 heteroatoms. The molecule has 0 saturated carbocycles. The number of ketones is 1. The third-order valence-electron chi connectivity index (χ3n) is 8.17. The highest BCUT2D eigenvalue weighted by Gasteiger charge is 2.42. The number of aromatic nitrogens is 1. The molecule has 5 unspecified atom stereocenters. The molecule has 1 aromatic heterocycles. The maximum Gasteiger partial charge on any atom is 0.309 e. The average molecular weight is 504 g/mol. The number of ether oxygens (including phenoxy) is 1. The first-order valence-corrected chi connectivity index (χ1v) is 13.8. The van der Waals surface area contributed by atoms with Gasteiger partial charge in [-0.05, 0) is 64.0 Å². The molecule has 196 valence electrons. The van der Waals surface area contributed by atoms with E-state index in [1.807, 2.05) is 39.2 Å². The normalized spacial score (nSPS) is 33.7. The largest absolute Gasteiger partial charge is 0.454 e. The smallest absolute Gasteiger partial charge is 0.309 e. The van der Waals surface area contributed by atoms with E-state index >= 15 is 0 Å². The van der Waals surface area contributed by atoms with Gasteiger partial charge in [0, 0.05) is 17.7 Å². The monoisotopic (exact) mass is 503 g/mol. The Balaban J connectivity index is 2.41. The van der Waals surface area contributed by atoms with E-state index < -0.39 is 23.1 Å². The lowest BCUT2D eigenvalue weighted by molar-refractivity contribution is -0.159. The van der Waals surface area contributed by atoms with Gasteiger partial charge in [0.05, 0.1) is 28.6 Å². The Kier molecular flexibility index (Phi) is 10.1. The molecule has 1 aliphatic rings. The Morgan fingerprint density at radius 3 is 2.46 bits per heavy atom. The van der Waals surface area contributed by atoms with Crippen molar-refractivity contribution in [2.45, 2.75) is 106 Å². The number of aliphatic hydroxyl groups excluding tert-OH is 1. The van der Waals surface area contributed by atoms with Gasteiger partial charge >= 0.3 is 5.97 Å². The summed E-state index contributed by atoms with van der Waals surface area (Å²) in [6, 6.07) is 0. The van der Waals surface area contributed by atoms with Crippen molar-refractivity contribution in [2.24, 2.45) is 23.2 Å². The summed E-state index contributed by atoms with van der Waals surface area (Å²) in [4.78, 5) is 31.0. The standard InChI is InChI=1S/C29H45NO4S/c1-18-11-10-12-19(2)21(4)22(5)27(33)28(7,8)25(31)16-26(32)34-29(9,14-13-18)20(3)15-24-17-35-23(6)30-24/h13,15,17,19,21-22,25,31H,10-12,14,16H2,1-9H3/b18-13-,20-15+. The summed E-state index contributed by atoms with van der Waals surface area (Å²) in [6.07, 6.45) is 6.39. The zero-order valence-electron chi connectivity index (χ0n) is 23.1. The van der Waals surface area contributed by atoms with E-state index in [4.69, 9.17) is 4.74 Å². The number of aliphatic hydroxyl groups is 1. The first-order chi connectivity index (χ1) is 16.2. The summed E-state index contributed by atoms with van der Waals surface area (Å²) in [7, 11) is 0. The lowest BCUT2D eigenvalue weighted by Gasteiger charge is -2.36. The van der Waals surface area contributed by atoms with Crippen molar-refractivity contribution in [3.63, 3.8) is 0 Å². The van der Waals surface area contributed by atoms with Crippen molar-refractivity contribution in [2.75, 3.05) is 0 Å². The fourth-order valence-corrected chi connectivity index (χ4v) is 5.30. The van der Waals surface area contributed by atoms with Crippen molar-refractivity contribution in [3.8, 4) is 0 Å². The molecule has 35 heavy (non-hydrogen) atoms. The van der Waals surface area contributed by atoms with E-state index in [9.17, 15) is 14.7 Å². The molecule has 5 atom stereocenters. The molecule has 1 aliphatic heterocycles. The summed E-state index contributed by atoms with van der Waals surface area (Å²) in [6.45, 7) is 17.7. The van der Waals surface area contributed by atoms with Crippen LogP contribution in [0, 0.1) is 30.1 Å². The number of carbonyl (C=O) groups excluding carboxylic acids is 2. The summed E-state index contributed by atoms with van der Waals surface area (Å²) in [5.74, 6) is -0.117. The number of esters is 1. The molecule has 2 heterocycles. The van der Waals surface area contributed by atoms with Crippen LogP contribution in [0.5, 0.6) is 0 Å². The van der Waals surface area contributed by atoms with Gasteiger partial charge in [0.15, 0.2) is 0 Å². The van der Waals surface area contributed by atoms with Crippen LogP contribution in [0.25, 0.3) is 6.08 Å². The first kappa shape index (κ1) is 29.4. The van der Waals surface area contributed by atoms with Gasteiger partial charge in [-0.15, -0.1) is 11.3 Å². The lowest BCUT2D eigenvalue weighted by Crippen LogP contribution is -2.44. The maximum atomic E-state index is 13.4. The molecule has 0 aliphatic carbocycles. The van der Waals surface area contributed by atoms with Crippen LogP contribution in [-0.2, 0) is 14.3 Å². The molecule has 0 spiro atoms. The van der Waals surface area contributed by atoms with Crippen molar-refractivity contribution in [1.82, 2.24) is 4.98 Å². The zero-order valence-corrected chi connectivity index (χ0v) is 23.9. The quantitative estimate of drug-likeness (QED) is 0.350. The van der Waals surface area contributed by atoms with Crippen LogP contribution in [0.15, 0.2) is 22.6 Å². The van der Waals surface area contributed by atoms with Crippen LogP contribution >= 0.6 is 11.3 Å². The summed E-state index contributed by atoms with van der Waals surface area (Å²) in [5, 5.41) is 14.0. The number of cyclic esters (lactones) is 1. The van der Waals surface area contributed by atoms with E-state index in [2.05, 4.69) is 31.8 Å². The number of carbonyl (C=O) groups is 2. The van der Waals surface area contributed by atoms with Crippen LogP contribution in [0.4, 0.5) is 0 Å². The maximum absolute atomic E-state index is 13.4. The third kappa shape index (κ3) is 7.60. The minimum Gasteiger partial charge on any atom is -0.454 e. The predicted octanol–water partition coefficient (Wildman–Crippen LogP) is 6.93. The van der Waals surface area contributed by atoms with Crippen LogP contribution in [0.3, 0.4) is 0 Å². The van der Waals surface area contributed by atoms with Crippen LogP contribution in [0.2, 0.25) is 0 Å². The number of hydrogen-bond donors (Lipinski definition) is 1. The van der Waals surface area contributed by atoms with Crippen molar-refractivity contribution in [3.05, 3.63) is 33.3 Å². The molecule has 5 nitrogen and oxygen atoms in total. The second-order valence-electron chi connectivity index (χ2n) is 11.4. The Morgan fingerprint density at radius 1 is 1.20 bits per heavy atom. The van der Waals surface area contributed by atoms with E-state index in [1.54, 1.807) is 25.2 Å². The number of Topliss-reactive ketones (excluding diaryl/α,β-unsaturated/α-hetero) is 1. The highest BCUT2D eigenvalue weighted by molar-refractivity contribution is 7.09. The Bertz CT molecular complexity index is 960. The highest BCUT2D eigenvalue weighted by atomic mass is 32.1. The third-order valence-corrected chi connectivity index (χ3v) is 8.96. The molecule has 0 radical (unpaired) electrons. The highest BCUT2D eigenvalue weighted by Crippen LogP contribution is 2.36. The zero-order chi connectivity index (χ0) is 26.6. The topological polar surface area (TPSA) is 76.5 Å². The fraction of sp³-hybridized carbons (Fsp3) is 0.690. The van der Waals surface area contributed by atoms with E-state index in [0.29, 0.717) is 12.3 Å². The predicted molar refractivity (Wildman–Crippen MR) is 144 cm³/mol. The van der Waals surface area contributed by atoms with Gasteiger partial charge in [-0.2, -0.15) is 0 Å². The van der Waals surface area contributed by atoms with Crippen LogP contribution in [-0.4, -0.2) is 33.5 Å². The molecule has 0 bridgehead atoms. The minimum absolute atomic E-state index is 0.00180. The average Bonchev–Trinajstić information content (AvgIpc) is 3.19. The number of allylic oxidation sites excluding steroid dienone is 1. The summed E-state index contributed by atoms with van der Waals surface area (Å²) >= 11 is 1.58. The Labute approximate surface area is 216 Å². The van der Waals surface area contributed by atoms with Crippen LogP contribution < -0.4 is 0 Å². The number of rotatable bonds is 2. The second kappa shape index (κ2) is 12.0. The van der Waals surface area contributed by atoms with Gasteiger partial charge in [0.25, 0.3) is 0 Å². The number of aryl methyl sites for hydroxylation is 1. The number of thiazole rings is 1. The van der Waals surface area contributed by atoms with Gasteiger partial charge in [-0.25, -0.2) is 4.98 Å². The first-order valence-electron chi connectivity index (χ1n) is 12.9. The molecule has 0 fully saturated rings. The van der Waals surface area contributed by atoms with Crippen molar-refractivity contribution in [1.29, 1.82) is 0 Å². The minimum atomic E-state index is -1.12. The molecular formula is C29H45NO4S. The molecule has 2 rings (SSSR count). The van der Waals surface area contributed by atoms with E-state index in [-0.39, 0.29) is 24.0 Å². The Hall–Kier alpha value is -1.79. The molecule has 0 amide bonds. The lowest BCUT2D eigenvalue weighted by atomic mass is 9.70. The van der Waals surface area contributed by atoms with Gasteiger partial charge < -0.3 is 9.84 Å². The summed E-state index contributed by atoms with van der Waals surface area (Å²) < 4.78 is 6.04. The molecule has 1 N–H and O–H groups in total. The molecule has 0 aromatic carbocycles. The summed E-state index contributed by atoms with van der Waals surface area (Å²) in [5.41, 5.74) is 1.08. The van der Waals surface area contributed by atoms with Gasteiger partial charge in [-0.1, -0.05) is 52.7 Å². The van der Waals surface area contributed by atoms with Crippen molar-refractivity contribution >= 4 is 29.2 Å². The van der Waals surface area contributed by atoms with Crippen LogP contribution in [0.1, 0.15) is 98.2 Å². The molecule has 0 saturated heterocycles. The number of hydrogen-bond acceptors (Lipinski definition) is 6. The van der Waals surface area contributed by atoms with Gasteiger partial charge in [0.2, 0.25) is 0 Å². The SMILES string of the molecule is C/C1=C/CC(C)(/C(C)=C/c2csc(C)n2)OC(=O)CC(O)C(C)(C)C(=O)C(C)C(C)C(C)CCC1.